The van der Waals surface area contributed by atoms with Gasteiger partial charge in [0.15, 0.2) is 0 Å². The average molecular weight is 300 g/mol. The van der Waals surface area contributed by atoms with Gasteiger partial charge in [0, 0.05) is 16.7 Å². The van der Waals surface area contributed by atoms with Gasteiger partial charge in [0.25, 0.3) is 0 Å². The zero-order valence-corrected chi connectivity index (χ0v) is 12.1. The van der Waals surface area contributed by atoms with Crippen molar-refractivity contribution in [1.82, 2.24) is 4.98 Å². The third kappa shape index (κ3) is 3.33. The van der Waals surface area contributed by atoms with Crippen molar-refractivity contribution in [3.8, 4) is 6.07 Å². The van der Waals surface area contributed by atoms with Crippen LogP contribution in [0.3, 0.4) is 0 Å². The summed E-state index contributed by atoms with van der Waals surface area (Å²) in [6, 6.07) is 10.00. The van der Waals surface area contributed by atoms with Crippen LogP contribution in [0.15, 0.2) is 41.4 Å². The fourth-order valence-electron chi connectivity index (χ4n) is 1.85. The van der Waals surface area contributed by atoms with E-state index in [9.17, 15) is 9.00 Å². The van der Waals surface area contributed by atoms with Crippen molar-refractivity contribution in [2.75, 3.05) is 0 Å². The van der Waals surface area contributed by atoms with Gasteiger partial charge in [0.05, 0.1) is 22.1 Å². The van der Waals surface area contributed by atoms with Crippen molar-refractivity contribution >= 4 is 16.8 Å². The maximum atomic E-state index is 12.3. The zero-order valence-electron chi connectivity index (χ0n) is 11.2. The average Bonchev–Trinajstić information content (AvgIpc) is 2.47. The normalized spacial score (nSPS) is 11.6. The second-order valence-electron chi connectivity index (χ2n) is 4.39. The molecule has 0 fully saturated rings. The lowest BCUT2D eigenvalue weighted by Gasteiger charge is -2.06. The first-order chi connectivity index (χ1) is 10.0. The summed E-state index contributed by atoms with van der Waals surface area (Å²) in [6.45, 7) is 1.69. The summed E-state index contributed by atoms with van der Waals surface area (Å²) in [4.78, 5) is 15.4. The molecule has 1 unspecified atom stereocenters. The Bertz CT molecular complexity index is 766. The van der Waals surface area contributed by atoms with Gasteiger partial charge in [-0.05, 0) is 30.7 Å². The summed E-state index contributed by atoms with van der Waals surface area (Å²) in [5.74, 6) is -0.927. The number of aromatic carboxylic acids is 1. The second-order valence-corrected chi connectivity index (χ2v) is 5.85. The van der Waals surface area contributed by atoms with Gasteiger partial charge < -0.3 is 5.11 Å². The van der Waals surface area contributed by atoms with Gasteiger partial charge >= 0.3 is 5.97 Å². The van der Waals surface area contributed by atoms with Gasteiger partial charge in [-0.3, -0.25) is 4.21 Å². The molecule has 2 rings (SSSR count). The summed E-state index contributed by atoms with van der Waals surface area (Å²) in [5.41, 5.74) is 1.56. The Labute approximate surface area is 124 Å². The standard InChI is InChI=1S/C15H12N2O3S/c1-10-4-5-12(7-13(10)15(18)19)21(20)9-11-3-2-6-17-14(11)8-16/h2-7H,9H2,1H3,(H,18,19). The van der Waals surface area contributed by atoms with Gasteiger partial charge in [-0.1, -0.05) is 12.1 Å². The van der Waals surface area contributed by atoms with Gasteiger partial charge in [-0.15, -0.1) is 0 Å². The van der Waals surface area contributed by atoms with Gasteiger partial charge in [-0.2, -0.15) is 5.26 Å². The van der Waals surface area contributed by atoms with Gasteiger partial charge in [0.2, 0.25) is 0 Å². The Hall–Kier alpha value is -2.52. The van der Waals surface area contributed by atoms with Crippen LogP contribution in [-0.4, -0.2) is 20.3 Å². The topological polar surface area (TPSA) is 91.0 Å². The number of nitriles is 1. The number of nitrogens with zero attached hydrogens (tertiary/aromatic N) is 2. The number of benzene rings is 1. The number of aromatic nitrogens is 1. The van der Waals surface area contributed by atoms with Crippen LogP contribution in [0.25, 0.3) is 0 Å². The van der Waals surface area contributed by atoms with E-state index < -0.39 is 16.8 Å². The van der Waals surface area contributed by atoms with Crippen molar-refractivity contribution in [3.05, 3.63) is 58.9 Å². The lowest BCUT2D eigenvalue weighted by Crippen LogP contribution is -2.04. The Morgan fingerprint density at radius 1 is 1.43 bits per heavy atom. The van der Waals surface area contributed by atoms with Crippen LogP contribution in [0.2, 0.25) is 0 Å². The summed E-state index contributed by atoms with van der Waals surface area (Å²) < 4.78 is 12.3. The molecule has 1 aromatic carbocycles. The molecule has 21 heavy (non-hydrogen) atoms. The minimum absolute atomic E-state index is 0.124. The summed E-state index contributed by atoms with van der Waals surface area (Å²) in [5, 5.41) is 18.1. The van der Waals surface area contributed by atoms with E-state index in [0.29, 0.717) is 16.0 Å². The smallest absolute Gasteiger partial charge is 0.335 e. The minimum atomic E-state index is -1.44. The number of hydrogen-bond donors (Lipinski definition) is 1. The molecule has 0 aliphatic rings. The lowest BCUT2D eigenvalue weighted by atomic mass is 10.1. The van der Waals surface area contributed by atoms with Crippen LogP contribution in [0.5, 0.6) is 0 Å². The van der Waals surface area contributed by atoms with Gasteiger partial charge in [0.1, 0.15) is 11.8 Å². The third-order valence-electron chi connectivity index (χ3n) is 2.99. The fraction of sp³-hybridized carbons (Fsp3) is 0.133. The van der Waals surface area contributed by atoms with E-state index in [4.69, 9.17) is 10.4 Å². The molecule has 0 aliphatic carbocycles. The number of pyridine rings is 1. The molecule has 0 bridgehead atoms. The first kappa shape index (κ1) is 14.9. The SMILES string of the molecule is Cc1ccc(S(=O)Cc2cccnc2C#N)cc1C(=O)O. The molecule has 2 aromatic rings. The highest BCUT2D eigenvalue weighted by Crippen LogP contribution is 2.18. The molecule has 6 heteroatoms. The number of hydrogen-bond acceptors (Lipinski definition) is 4. The van der Waals surface area contributed by atoms with E-state index in [0.717, 1.165) is 0 Å². The van der Waals surface area contributed by atoms with E-state index in [2.05, 4.69) is 4.98 Å². The highest BCUT2D eigenvalue weighted by Gasteiger charge is 2.13. The highest BCUT2D eigenvalue weighted by atomic mass is 32.2. The van der Waals surface area contributed by atoms with Crippen LogP contribution < -0.4 is 0 Å². The number of rotatable bonds is 4. The molecule has 0 aliphatic heterocycles. The predicted octanol–water partition coefficient (Wildman–Crippen LogP) is 2.27. The molecule has 1 heterocycles. The Balaban J connectivity index is 2.31. The maximum Gasteiger partial charge on any atom is 0.335 e. The molecular weight excluding hydrogens is 288 g/mol. The van der Waals surface area contributed by atoms with Gasteiger partial charge in [-0.25, -0.2) is 9.78 Å². The molecule has 0 saturated heterocycles. The molecule has 0 amide bonds. The predicted molar refractivity (Wildman–Crippen MR) is 77.2 cm³/mol. The number of aryl methyl sites for hydroxylation is 1. The highest BCUT2D eigenvalue weighted by molar-refractivity contribution is 7.84. The van der Waals surface area contributed by atoms with Crippen LogP contribution in [0.4, 0.5) is 0 Å². The summed E-state index contributed by atoms with van der Waals surface area (Å²) in [7, 11) is -1.44. The molecule has 0 saturated carbocycles. The third-order valence-corrected chi connectivity index (χ3v) is 4.34. The van der Waals surface area contributed by atoms with Crippen LogP contribution in [-0.2, 0) is 16.6 Å². The van der Waals surface area contributed by atoms with Crippen molar-refractivity contribution in [2.45, 2.75) is 17.6 Å². The van der Waals surface area contributed by atoms with Crippen LogP contribution >= 0.6 is 0 Å². The minimum Gasteiger partial charge on any atom is -0.478 e. The zero-order chi connectivity index (χ0) is 15.4. The Morgan fingerprint density at radius 3 is 2.86 bits per heavy atom. The first-order valence-electron chi connectivity index (χ1n) is 6.09. The van der Waals surface area contributed by atoms with Crippen molar-refractivity contribution < 1.29 is 14.1 Å². The molecule has 106 valence electrons. The second kappa shape index (κ2) is 6.29. The number of carboxylic acid groups (broad SMARTS) is 1. The van der Waals surface area contributed by atoms with E-state index >= 15 is 0 Å². The van der Waals surface area contributed by atoms with E-state index in [1.165, 1.54) is 12.3 Å². The van der Waals surface area contributed by atoms with Crippen molar-refractivity contribution in [2.24, 2.45) is 0 Å². The Kier molecular flexibility index (Phi) is 4.45. The van der Waals surface area contributed by atoms with Crippen molar-refractivity contribution in [1.29, 1.82) is 5.26 Å². The lowest BCUT2D eigenvalue weighted by molar-refractivity contribution is 0.0696. The molecular formula is C15H12N2O3S. The summed E-state index contributed by atoms with van der Waals surface area (Å²) >= 11 is 0. The molecule has 0 radical (unpaired) electrons. The molecule has 5 nitrogen and oxygen atoms in total. The molecule has 1 aromatic heterocycles. The van der Waals surface area contributed by atoms with Crippen LogP contribution in [0.1, 0.15) is 27.2 Å². The van der Waals surface area contributed by atoms with E-state index in [1.54, 1.807) is 31.2 Å². The van der Waals surface area contributed by atoms with Crippen LogP contribution in [0, 0.1) is 18.3 Å². The first-order valence-corrected chi connectivity index (χ1v) is 7.41. The monoisotopic (exact) mass is 300 g/mol. The number of carbonyl (C=O) groups is 1. The molecule has 1 atom stereocenters. The van der Waals surface area contributed by atoms with Crippen molar-refractivity contribution in [3.63, 3.8) is 0 Å². The van der Waals surface area contributed by atoms with E-state index in [1.807, 2.05) is 6.07 Å². The maximum absolute atomic E-state index is 12.3. The summed E-state index contributed by atoms with van der Waals surface area (Å²) in [6.07, 6.45) is 1.50. The largest absolute Gasteiger partial charge is 0.478 e. The quantitative estimate of drug-likeness (QED) is 0.935. The number of carboxylic acids is 1. The molecule has 1 N–H and O–H groups in total. The Morgan fingerprint density at radius 2 is 2.19 bits per heavy atom. The van der Waals surface area contributed by atoms with E-state index in [-0.39, 0.29) is 17.0 Å². The molecule has 0 spiro atoms. The fourth-order valence-corrected chi connectivity index (χ4v) is 3.00.